The summed E-state index contributed by atoms with van der Waals surface area (Å²) in [4.78, 5) is 31.0. The maximum Gasteiger partial charge on any atom is 0.242 e. The van der Waals surface area contributed by atoms with E-state index in [-0.39, 0.29) is 24.8 Å². The van der Waals surface area contributed by atoms with Gasteiger partial charge < -0.3 is 25.4 Å². The molecule has 200 valence electrons. The van der Waals surface area contributed by atoms with Crippen LogP contribution in [-0.2, 0) is 29.2 Å². The minimum Gasteiger partial charge on any atom is -0.489 e. The predicted octanol–water partition coefficient (Wildman–Crippen LogP) is 2.97. The average Bonchev–Trinajstić information content (AvgIpc) is 2.89. The fourth-order valence-corrected chi connectivity index (χ4v) is 4.85. The number of aromatic nitrogens is 1. The van der Waals surface area contributed by atoms with Crippen LogP contribution in [0, 0.1) is 5.82 Å². The quantitative estimate of drug-likeness (QED) is 0.338. The minimum atomic E-state index is -1.25. The lowest BCUT2D eigenvalue weighted by Crippen LogP contribution is -2.63. The number of ether oxygens (including phenoxy) is 1. The van der Waals surface area contributed by atoms with E-state index >= 15 is 0 Å². The average molecular weight is 585 g/mol. The van der Waals surface area contributed by atoms with Crippen molar-refractivity contribution in [1.82, 2.24) is 20.5 Å². The van der Waals surface area contributed by atoms with E-state index in [0.717, 1.165) is 15.6 Å². The van der Waals surface area contributed by atoms with Crippen LogP contribution in [0.3, 0.4) is 0 Å². The van der Waals surface area contributed by atoms with E-state index in [9.17, 15) is 19.1 Å². The number of nitrogens with one attached hydrogen (secondary N) is 2. The molecule has 4 rings (SSSR count). The van der Waals surface area contributed by atoms with Gasteiger partial charge in [0, 0.05) is 55.1 Å². The Bertz CT molecular complexity index is 1260. The van der Waals surface area contributed by atoms with Gasteiger partial charge in [0.25, 0.3) is 0 Å². The summed E-state index contributed by atoms with van der Waals surface area (Å²) in [5, 5.41) is 17.1. The van der Waals surface area contributed by atoms with Crippen molar-refractivity contribution in [1.29, 1.82) is 0 Å². The van der Waals surface area contributed by atoms with Gasteiger partial charge in [-0.2, -0.15) is 0 Å². The van der Waals surface area contributed by atoms with Gasteiger partial charge in [-0.15, -0.1) is 0 Å². The van der Waals surface area contributed by atoms with Crippen LogP contribution in [0.4, 0.5) is 4.39 Å². The van der Waals surface area contributed by atoms with E-state index in [4.69, 9.17) is 4.74 Å². The first kappa shape index (κ1) is 27.7. The molecule has 0 aliphatic carbocycles. The smallest absolute Gasteiger partial charge is 0.242 e. The van der Waals surface area contributed by atoms with Crippen molar-refractivity contribution in [2.75, 3.05) is 13.1 Å². The fourth-order valence-electron chi connectivity index (χ4n) is 4.49. The number of hydrogen-bond acceptors (Lipinski definition) is 6. The molecule has 0 spiro atoms. The second kappa shape index (κ2) is 12.9. The van der Waals surface area contributed by atoms with Crippen LogP contribution in [0.1, 0.15) is 23.6 Å². The first-order valence-electron chi connectivity index (χ1n) is 12.3. The molecule has 10 heteroatoms. The molecule has 1 saturated heterocycles. The molecule has 0 radical (unpaired) electrons. The van der Waals surface area contributed by atoms with Crippen molar-refractivity contribution in [3.05, 3.63) is 94.0 Å². The van der Waals surface area contributed by atoms with Crippen molar-refractivity contribution < 1.29 is 23.8 Å². The van der Waals surface area contributed by atoms with Crippen LogP contribution in [0.5, 0.6) is 5.75 Å². The summed E-state index contributed by atoms with van der Waals surface area (Å²) < 4.78 is 21.1. The molecule has 2 amide bonds. The summed E-state index contributed by atoms with van der Waals surface area (Å²) >= 11 is 3.41. The molecular weight excluding hydrogens is 555 g/mol. The molecule has 1 fully saturated rings. The number of nitrogens with zero attached hydrogens (tertiary/aromatic N) is 2. The van der Waals surface area contributed by atoms with Gasteiger partial charge in [0.2, 0.25) is 11.8 Å². The van der Waals surface area contributed by atoms with E-state index in [1.54, 1.807) is 29.4 Å². The van der Waals surface area contributed by atoms with E-state index in [2.05, 4.69) is 31.5 Å². The number of carbonyl (C=O) groups excluding carboxylic acids is 2. The number of rotatable bonds is 10. The minimum absolute atomic E-state index is 0.0952. The topological polar surface area (TPSA) is 104 Å². The highest BCUT2D eigenvalue weighted by molar-refractivity contribution is 9.10. The normalized spacial score (nSPS) is 17.1. The molecule has 2 aromatic carbocycles. The Morgan fingerprint density at radius 1 is 1.26 bits per heavy atom. The van der Waals surface area contributed by atoms with Crippen LogP contribution in [0.25, 0.3) is 0 Å². The van der Waals surface area contributed by atoms with Gasteiger partial charge in [-0.05, 0) is 51.7 Å². The van der Waals surface area contributed by atoms with Crippen LogP contribution >= 0.6 is 15.9 Å². The molecule has 3 aromatic rings. The van der Waals surface area contributed by atoms with E-state index in [1.807, 2.05) is 30.3 Å². The molecule has 0 saturated carbocycles. The molecule has 3 N–H and O–H groups in total. The zero-order valence-electron chi connectivity index (χ0n) is 20.9. The summed E-state index contributed by atoms with van der Waals surface area (Å²) in [6.45, 7) is 2.95. The monoisotopic (exact) mass is 584 g/mol. The van der Waals surface area contributed by atoms with Crippen LogP contribution in [0.15, 0.2) is 71.5 Å². The first-order chi connectivity index (χ1) is 18.3. The van der Waals surface area contributed by atoms with Gasteiger partial charge in [-0.25, -0.2) is 4.39 Å². The predicted molar refractivity (Wildman–Crippen MR) is 144 cm³/mol. The molecule has 3 atom stereocenters. The van der Waals surface area contributed by atoms with E-state index in [0.29, 0.717) is 30.9 Å². The Balaban J connectivity index is 1.48. The standard InChI is InChI=1S/C28H30BrFN4O4/c1-18(35)33-25(27(36)26-28(37)34(10-9-32-26)16-19-5-3-2-4-6-19)13-20-11-22(30)14-23(12-20)38-17-21-7-8-31-15-24(21)29/h2-8,11-12,14-15,25-27,32,36H,9-10,13,16-17H2,1H3,(H,33,35)/t25-,26-,27-/m0/s1. The van der Waals surface area contributed by atoms with Crippen molar-refractivity contribution >= 4 is 27.7 Å². The molecule has 0 bridgehead atoms. The molecule has 2 heterocycles. The Morgan fingerprint density at radius 3 is 2.79 bits per heavy atom. The Kier molecular flexibility index (Phi) is 9.43. The second-order valence-corrected chi connectivity index (χ2v) is 10.1. The van der Waals surface area contributed by atoms with Gasteiger partial charge in [0.05, 0.1) is 12.1 Å². The summed E-state index contributed by atoms with van der Waals surface area (Å²) in [6.07, 6.45) is 2.14. The summed E-state index contributed by atoms with van der Waals surface area (Å²) in [7, 11) is 0. The number of aliphatic hydroxyl groups excluding tert-OH is 1. The summed E-state index contributed by atoms with van der Waals surface area (Å²) in [5.74, 6) is -0.827. The number of carbonyl (C=O) groups is 2. The SMILES string of the molecule is CC(=O)N[C@@H](Cc1cc(F)cc(OCc2ccncc2Br)c1)[C@H](O)[C@@H]1NCCN(Cc2ccccc2)C1=O. The lowest BCUT2D eigenvalue weighted by molar-refractivity contribution is -0.141. The van der Waals surface area contributed by atoms with Crippen molar-refractivity contribution in [3.63, 3.8) is 0 Å². The Morgan fingerprint density at radius 2 is 2.05 bits per heavy atom. The van der Waals surface area contributed by atoms with Gasteiger partial charge in [0.15, 0.2) is 0 Å². The molecule has 1 aliphatic rings. The Hall–Kier alpha value is -3.34. The van der Waals surface area contributed by atoms with Gasteiger partial charge in [-0.1, -0.05) is 30.3 Å². The third-order valence-corrected chi connectivity index (χ3v) is 7.03. The van der Waals surface area contributed by atoms with Gasteiger partial charge in [-0.3, -0.25) is 14.6 Å². The van der Waals surface area contributed by atoms with Crippen molar-refractivity contribution in [3.8, 4) is 5.75 Å². The molecule has 8 nitrogen and oxygen atoms in total. The fraction of sp³-hybridized carbons (Fsp3) is 0.321. The number of benzene rings is 2. The maximum atomic E-state index is 14.5. The first-order valence-corrected chi connectivity index (χ1v) is 13.1. The molecule has 1 aromatic heterocycles. The number of pyridine rings is 1. The maximum absolute atomic E-state index is 14.5. The number of amides is 2. The molecular formula is C28H30BrFN4O4. The van der Waals surface area contributed by atoms with Gasteiger partial charge in [0.1, 0.15) is 24.2 Å². The van der Waals surface area contributed by atoms with E-state index in [1.165, 1.54) is 19.1 Å². The molecule has 38 heavy (non-hydrogen) atoms. The van der Waals surface area contributed by atoms with Crippen molar-refractivity contribution in [2.24, 2.45) is 0 Å². The summed E-state index contributed by atoms with van der Waals surface area (Å²) in [6, 6.07) is 13.9. The van der Waals surface area contributed by atoms with Crippen molar-refractivity contribution in [2.45, 2.75) is 44.7 Å². The van der Waals surface area contributed by atoms with Crippen LogP contribution in [0.2, 0.25) is 0 Å². The third kappa shape index (κ3) is 7.37. The van der Waals surface area contributed by atoms with E-state index < -0.39 is 24.0 Å². The number of aliphatic hydroxyl groups is 1. The highest BCUT2D eigenvalue weighted by Crippen LogP contribution is 2.23. The lowest BCUT2D eigenvalue weighted by Gasteiger charge is -2.38. The number of piperazine rings is 1. The highest BCUT2D eigenvalue weighted by atomic mass is 79.9. The molecule has 1 aliphatic heterocycles. The second-order valence-electron chi connectivity index (χ2n) is 9.23. The van der Waals surface area contributed by atoms with Crippen LogP contribution < -0.4 is 15.4 Å². The van der Waals surface area contributed by atoms with Crippen LogP contribution in [-0.4, -0.2) is 58.1 Å². The zero-order valence-corrected chi connectivity index (χ0v) is 22.5. The summed E-state index contributed by atoms with van der Waals surface area (Å²) in [5.41, 5.74) is 2.34. The highest BCUT2D eigenvalue weighted by Gasteiger charge is 2.38. The molecule has 0 unspecified atom stereocenters. The number of halogens is 2. The Labute approximate surface area is 229 Å². The number of hydrogen-bond donors (Lipinski definition) is 3. The lowest BCUT2D eigenvalue weighted by atomic mass is 9.94. The van der Waals surface area contributed by atoms with Gasteiger partial charge >= 0.3 is 0 Å². The largest absolute Gasteiger partial charge is 0.489 e. The third-order valence-electron chi connectivity index (χ3n) is 6.32. The zero-order chi connectivity index (χ0) is 27.1.